The van der Waals surface area contributed by atoms with Crippen molar-refractivity contribution >= 4 is 5.91 Å². The van der Waals surface area contributed by atoms with Gasteiger partial charge in [-0.1, -0.05) is 35.5 Å². The minimum Gasteiger partial charge on any atom is -0.492 e. The molecule has 0 unspecified atom stereocenters. The molecule has 1 amide bonds. The first-order chi connectivity index (χ1) is 11.7. The van der Waals surface area contributed by atoms with Crippen LogP contribution in [0, 0.1) is 5.82 Å². The third-order valence-electron chi connectivity index (χ3n) is 3.27. The van der Waals surface area contributed by atoms with Gasteiger partial charge in [0.15, 0.2) is 11.5 Å². The van der Waals surface area contributed by atoms with Crippen molar-refractivity contribution in [3.05, 3.63) is 72.2 Å². The monoisotopic (exact) mass is 326 g/mol. The van der Waals surface area contributed by atoms with Gasteiger partial charge in [-0.05, 0) is 24.3 Å². The van der Waals surface area contributed by atoms with Crippen LogP contribution in [0.15, 0.2) is 65.2 Å². The summed E-state index contributed by atoms with van der Waals surface area (Å²) in [5, 5.41) is 6.45. The quantitative estimate of drug-likeness (QED) is 0.706. The molecule has 1 aromatic heterocycles. The molecule has 0 aliphatic rings. The molecule has 1 N–H and O–H groups in total. The van der Waals surface area contributed by atoms with Gasteiger partial charge in [0.05, 0.1) is 6.54 Å². The Morgan fingerprint density at radius 1 is 1.12 bits per heavy atom. The molecule has 1 heterocycles. The largest absolute Gasteiger partial charge is 0.492 e. The first-order valence-corrected chi connectivity index (χ1v) is 7.41. The number of aromatic nitrogens is 1. The van der Waals surface area contributed by atoms with Crippen molar-refractivity contribution in [2.75, 3.05) is 13.2 Å². The van der Waals surface area contributed by atoms with Crippen LogP contribution in [0.3, 0.4) is 0 Å². The lowest BCUT2D eigenvalue weighted by molar-refractivity contribution is 0.0938. The number of nitrogens with zero attached hydrogens (tertiary/aromatic N) is 1. The van der Waals surface area contributed by atoms with Crippen LogP contribution in [-0.2, 0) is 0 Å². The minimum absolute atomic E-state index is 0.204. The van der Waals surface area contributed by atoms with E-state index >= 15 is 0 Å². The Morgan fingerprint density at radius 2 is 1.88 bits per heavy atom. The Balaban J connectivity index is 1.49. The number of amides is 1. The summed E-state index contributed by atoms with van der Waals surface area (Å²) >= 11 is 0. The zero-order valence-electron chi connectivity index (χ0n) is 12.7. The van der Waals surface area contributed by atoms with E-state index in [1.54, 1.807) is 6.07 Å². The van der Waals surface area contributed by atoms with E-state index in [0.717, 1.165) is 5.56 Å². The Kier molecular flexibility index (Phi) is 4.86. The van der Waals surface area contributed by atoms with Gasteiger partial charge in [0, 0.05) is 11.6 Å². The van der Waals surface area contributed by atoms with Gasteiger partial charge in [-0.25, -0.2) is 4.39 Å². The topological polar surface area (TPSA) is 64.4 Å². The van der Waals surface area contributed by atoms with E-state index in [-0.39, 0.29) is 24.0 Å². The van der Waals surface area contributed by atoms with Gasteiger partial charge in [0.2, 0.25) is 0 Å². The van der Waals surface area contributed by atoms with Crippen LogP contribution in [0.25, 0.3) is 11.3 Å². The van der Waals surface area contributed by atoms with E-state index < -0.39 is 0 Å². The molecule has 3 rings (SSSR count). The number of nitrogens with one attached hydrogen (secondary N) is 1. The molecular weight excluding hydrogens is 311 g/mol. The molecule has 6 heteroatoms. The second-order valence-electron chi connectivity index (χ2n) is 5.00. The van der Waals surface area contributed by atoms with E-state index in [0.29, 0.717) is 18.1 Å². The first-order valence-electron chi connectivity index (χ1n) is 7.41. The van der Waals surface area contributed by atoms with Crippen LogP contribution in [0.4, 0.5) is 4.39 Å². The predicted octanol–water partition coefficient (Wildman–Crippen LogP) is 3.29. The average molecular weight is 326 g/mol. The van der Waals surface area contributed by atoms with Crippen molar-refractivity contribution in [3.8, 4) is 17.1 Å². The second kappa shape index (κ2) is 7.41. The van der Waals surface area contributed by atoms with Crippen molar-refractivity contribution in [2.24, 2.45) is 0 Å². The molecular formula is C18H15FN2O3. The molecule has 0 atom stereocenters. The van der Waals surface area contributed by atoms with Gasteiger partial charge in [-0.15, -0.1) is 0 Å². The Labute approximate surface area is 138 Å². The fourth-order valence-corrected chi connectivity index (χ4v) is 2.08. The highest BCUT2D eigenvalue weighted by Gasteiger charge is 2.13. The van der Waals surface area contributed by atoms with Crippen LogP contribution in [0.1, 0.15) is 10.5 Å². The van der Waals surface area contributed by atoms with Crippen LogP contribution >= 0.6 is 0 Å². The molecule has 0 aliphatic heterocycles. The smallest absolute Gasteiger partial charge is 0.273 e. The van der Waals surface area contributed by atoms with E-state index in [9.17, 15) is 9.18 Å². The molecule has 3 aromatic rings. The highest BCUT2D eigenvalue weighted by molar-refractivity contribution is 5.93. The molecule has 122 valence electrons. The summed E-state index contributed by atoms with van der Waals surface area (Å²) in [7, 11) is 0. The number of rotatable bonds is 6. The van der Waals surface area contributed by atoms with Gasteiger partial charge >= 0.3 is 0 Å². The number of hydrogen-bond acceptors (Lipinski definition) is 4. The van der Waals surface area contributed by atoms with Crippen molar-refractivity contribution in [2.45, 2.75) is 0 Å². The number of ether oxygens (including phenoxy) is 1. The van der Waals surface area contributed by atoms with Gasteiger partial charge in [0.25, 0.3) is 5.91 Å². The molecule has 0 fully saturated rings. The molecule has 5 nitrogen and oxygen atoms in total. The summed E-state index contributed by atoms with van der Waals surface area (Å²) in [5.74, 6) is 0.404. The molecule has 0 radical (unpaired) electrons. The number of benzene rings is 2. The normalized spacial score (nSPS) is 10.4. The molecule has 0 saturated heterocycles. The predicted molar refractivity (Wildman–Crippen MR) is 86.2 cm³/mol. The maximum atomic E-state index is 12.8. The number of carbonyl (C=O) groups is 1. The van der Waals surface area contributed by atoms with Gasteiger partial charge in [0.1, 0.15) is 18.2 Å². The van der Waals surface area contributed by atoms with E-state index in [2.05, 4.69) is 10.5 Å². The highest BCUT2D eigenvalue weighted by atomic mass is 19.1. The van der Waals surface area contributed by atoms with E-state index in [1.807, 2.05) is 30.3 Å². The average Bonchev–Trinajstić information content (AvgIpc) is 3.11. The number of hydrogen-bond donors (Lipinski definition) is 1. The zero-order chi connectivity index (χ0) is 16.8. The van der Waals surface area contributed by atoms with Crippen molar-refractivity contribution in [1.29, 1.82) is 0 Å². The number of carbonyl (C=O) groups excluding carboxylic acids is 1. The SMILES string of the molecule is O=C(NCCOc1ccc(F)cc1)c1cc(-c2ccccc2)on1. The van der Waals surface area contributed by atoms with Crippen LogP contribution < -0.4 is 10.1 Å². The third kappa shape index (κ3) is 3.98. The minimum atomic E-state index is -0.344. The second-order valence-corrected chi connectivity index (χ2v) is 5.00. The van der Waals surface area contributed by atoms with Gasteiger partial charge < -0.3 is 14.6 Å². The van der Waals surface area contributed by atoms with Crippen molar-refractivity contribution in [1.82, 2.24) is 10.5 Å². The lowest BCUT2D eigenvalue weighted by Gasteiger charge is -2.06. The van der Waals surface area contributed by atoms with Crippen LogP contribution in [0.5, 0.6) is 5.75 Å². The van der Waals surface area contributed by atoms with Crippen molar-refractivity contribution < 1.29 is 18.4 Å². The Bertz CT molecular complexity index is 801. The molecule has 2 aromatic carbocycles. The number of halogens is 1. The van der Waals surface area contributed by atoms with Crippen LogP contribution in [0.2, 0.25) is 0 Å². The summed E-state index contributed by atoms with van der Waals surface area (Å²) in [4.78, 5) is 12.0. The van der Waals surface area contributed by atoms with Crippen molar-refractivity contribution in [3.63, 3.8) is 0 Å². The fourth-order valence-electron chi connectivity index (χ4n) is 2.08. The fraction of sp³-hybridized carbons (Fsp3) is 0.111. The van der Waals surface area contributed by atoms with Crippen LogP contribution in [-0.4, -0.2) is 24.2 Å². The summed E-state index contributed by atoms with van der Waals surface area (Å²) in [5.41, 5.74) is 1.05. The molecule has 0 spiro atoms. The molecule has 0 bridgehead atoms. The summed E-state index contributed by atoms with van der Waals surface area (Å²) < 4.78 is 23.3. The maximum absolute atomic E-state index is 12.8. The van der Waals surface area contributed by atoms with E-state index in [4.69, 9.17) is 9.26 Å². The third-order valence-corrected chi connectivity index (χ3v) is 3.27. The summed E-state index contributed by atoms with van der Waals surface area (Å²) in [6.45, 7) is 0.560. The molecule has 24 heavy (non-hydrogen) atoms. The highest BCUT2D eigenvalue weighted by Crippen LogP contribution is 2.19. The first kappa shape index (κ1) is 15.7. The molecule has 0 saturated carbocycles. The summed E-state index contributed by atoms with van der Waals surface area (Å²) in [6, 6.07) is 16.7. The Morgan fingerprint density at radius 3 is 2.62 bits per heavy atom. The Hall–Kier alpha value is -3.15. The van der Waals surface area contributed by atoms with E-state index in [1.165, 1.54) is 24.3 Å². The summed E-state index contributed by atoms with van der Waals surface area (Å²) in [6.07, 6.45) is 0. The molecule has 0 aliphatic carbocycles. The lowest BCUT2D eigenvalue weighted by Crippen LogP contribution is -2.28. The zero-order valence-corrected chi connectivity index (χ0v) is 12.7. The standard InChI is InChI=1S/C18H15FN2O3/c19-14-6-8-15(9-7-14)23-11-10-20-18(22)16-12-17(24-21-16)13-4-2-1-3-5-13/h1-9,12H,10-11H2,(H,20,22). The maximum Gasteiger partial charge on any atom is 0.273 e. The van der Waals surface area contributed by atoms with Gasteiger partial charge in [-0.2, -0.15) is 0 Å². The lowest BCUT2D eigenvalue weighted by atomic mass is 10.1. The van der Waals surface area contributed by atoms with Gasteiger partial charge in [-0.3, -0.25) is 4.79 Å².